The van der Waals surface area contributed by atoms with Crippen LogP contribution in [0.3, 0.4) is 0 Å². The number of benzene rings is 1. The van der Waals surface area contributed by atoms with Crippen molar-refractivity contribution in [3.05, 3.63) is 35.5 Å². The summed E-state index contributed by atoms with van der Waals surface area (Å²) < 4.78 is 2.30. The summed E-state index contributed by atoms with van der Waals surface area (Å²) in [5.41, 5.74) is 1.68. The van der Waals surface area contributed by atoms with Gasteiger partial charge in [0.2, 0.25) is 6.20 Å². The molecule has 0 saturated carbocycles. The van der Waals surface area contributed by atoms with Crippen LogP contribution in [0.2, 0.25) is 0 Å². The topological polar surface area (TPSA) is 37.0 Å². The molecule has 1 aromatic carbocycles. The van der Waals surface area contributed by atoms with E-state index < -0.39 is 0 Å². The monoisotopic (exact) mass is 245 g/mol. The van der Waals surface area contributed by atoms with E-state index in [-0.39, 0.29) is 0 Å². The number of rotatable bonds is 1. The first-order valence-corrected chi connectivity index (χ1v) is 6.41. The third-order valence-electron chi connectivity index (χ3n) is 2.80. The fraction of sp³-hybridized carbons (Fsp3) is 0.231. The number of hydrogen-bond acceptors (Lipinski definition) is 3. The predicted molar refractivity (Wildman–Crippen MR) is 68.6 cm³/mol. The van der Waals surface area contributed by atoms with E-state index in [1.807, 2.05) is 24.3 Å². The number of thiazole rings is 1. The van der Waals surface area contributed by atoms with E-state index in [1.54, 1.807) is 17.5 Å². The van der Waals surface area contributed by atoms with Gasteiger partial charge < -0.3 is 0 Å². The minimum atomic E-state index is 0.415. The van der Waals surface area contributed by atoms with Crippen LogP contribution in [-0.2, 0) is 0 Å². The molecule has 0 radical (unpaired) electrons. The van der Waals surface area contributed by atoms with Gasteiger partial charge in [-0.3, -0.25) is 5.21 Å². The molecule has 0 bridgehead atoms. The van der Waals surface area contributed by atoms with Gasteiger partial charge in [0.05, 0.1) is 15.1 Å². The summed E-state index contributed by atoms with van der Waals surface area (Å²) in [5, 5.41) is 12.1. The van der Waals surface area contributed by atoms with Gasteiger partial charge in [-0.25, -0.2) is 4.98 Å². The maximum Gasteiger partial charge on any atom is 0.266 e. The molecular formula is C13H13N2OS+. The molecule has 17 heavy (non-hydrogen) atoms. The van der Waals surface area contributed by atoms with Gasteiger partial charge in [0.25, 0.3) is 5.52 Å². The normalized spacial score (nSPS) is 11.7. The smallest absolute Gasteiger partial charge is 0.266 e. The zero-order valence-corrected chi connectivity index (χ0v) is 10.5. The van der Waals surface area contributed by atoms with Gasteiger partial charge in [0, 0.05) is 16.7 Å². The van der Waals surface area contributed by atoms with Crippen LogP contribution in [0.15, 0.2) is 30.5 Å². The Morgan fingerprint density at radius 3 is 2.82 bits per heavy atom. The largest absolute Gasteiger partial charge is 0.284 e. The van der Waals surface area contributed by atoms with Crippen molar-refractivity contribution < 1.29 is 9.94 Å². The van der Waals surface area contributed by atoms with Crippen LogP contribution in [0, 0.1) is 0 Å². The number of nitrogens with zero attached hydrogens (tertiary/aromatic N) is 2. The van der Waals surface area contributed by atoms with E-state index >= 15 is 0 Å². The molecule has 86 valence electrons. The van der Waals surface area contributed by atoms with Gasteiger partial charge in [-0.1, -0.05) is 26.0 Å². The van der Waals surface area contributed by atoms with E-state index in [1.165, 1.54) is 0 Å². The molecule has 0 amide bonds. The lowest BCUT2D eigenvalue weighted by Gasteiger charge is -1.94. The average Bonchev–Trinajstić information content (AvgIpc) is 2.73. The van der Waals surface area contributed by atoms with E-state index in [0.29, 0.717) is 5.92 Å². The SMILES string of the molecule is CC(C)c1nc2c[n+](O)c3ccccc3c2s1. The molecule has 3 rings (SSSR count). The molecule has 2 heterocycles. The number of hydrogen-bond donors (Lipinski definition) is 1. The lowest BCUT2D eigenvalue weighted by Crippen LogP contribution is -2.30. The standard InChI is InChI=1S/C13H13N2OS/c1-8(2)13-14-10-7-15(16)11-6-4-3-5-9(11)12(10)17-13/h3-8,16H,1-2H3/q+1. The van der Waals surface area contributed by atoms with Crippen molar-refractivity contribution in [2.75, 3.05) is 0 Å². The molecule has 3 nitrogen and oxygen atoms in total. The minimum Gasteiger partial charge on any atom is -0.284 e. The molecule has 0 saturated heterocycles. The fourth-order valence-electron chi connectivity index (χ4n) is 1.93. The number of fused-ring (bicyclic) bond motifs is 3. The van der Waals surface area contributed by atoms with Gasteiger partial charge in [-0.05, 0) is 6.07 Å². The Hall–Kier alpha value is -1.68. The highest BCUT2D eigenvalue weighted by Crippen LogP contribution is 2.31. The Morgan fingerprint density at radius 2 is 2.06 bits per heavy atom. The van der Waals surface area contributed by atoms with E-state index in [0.717, 1.165) is 30.9 Å². The van der Waals surface area contributed by atoms with Crippen molar-refractivity contribution >= 4 is 32.5 Å². The van der Waals surface area contributed by atoms with Crippen molar-refractivity contribution in [1.82, 2.24) is 4.98 Å². The average molecular weight is 245 g/mol. The second-order valence-electron chi connectivity index (χ2n) is 4.41. The van der Waals surface area contributed by atoms with Crippen LogP contribution in [-0.4, -0.2) is 10.2 Å². The summed E-state index contributed by atoms with van der Waals surface area (Å²) >= 11 is 1.71. The van der Waals surface area contributed by atoms with Gasteiger partial charge in [-0.15, -0.1) is 11.3 Å². The predicted octanol–water partition coefficient (Wildman–Crippen LogP) is 3.10. The van der Waals surface area contributed by atoms with E-state index in [4.69, 9.17) is 0 Å². The molecule has 4 heteroatoms. The molecule has 0 atom stereocenters. The Labute approximate surface area is 103 Å². The maximum absolute atomic E-state index is 9.90. The van der Waals surface area contributed by atoms with Crippen LogP contribution < -0.4 is 4.73 Å². The quantitative estimate of drug-likeness (QED) is 0.528. The molecular weight excluding hydrogens is 232 g/mol. The lowest BCUT2D eigenvalue weighted by molar-refractivity contribution is -0.883. The summed E-state index contributed by atoms with van der Waals surface area (Å²) in [7, 11) is 0. The van der Waals surface area contributed by atoms with E-state index in [9.17, 15) is 5.21 Å². The molecule has 1 N–H and O–H groups in total. The lowest BCUT2D eigenvalue weighted by atomic mass is 10.2. The van der Waals surface area contributed by atoms with Crippen molar-refractivity contribution in [3.63, 3.8) is 0 Å². The maximum atomic E-state index is 9.90. The Kier molecular flexibility index (Phi) is 2.26. The van der Waals surface area contributed by atoms with Crippen molar-refractivity contribution in [2.24, 2.45) is 0 Å². The Balaban J connectivity index is 2.46. The highest BCUT2D eigenvalue weighted by molar-refractivity contribution is 7.19. The number of aromatic nitrogens is 2. The van der Waals surface area contributed by atoms with Gasteiger partial charge >= 0.3 is 0 Å². The summed E-state index contributed by atoms with van der Waals surface area (Å²) in [5.74, 6) is 0.415. The summed E-state index contributed by atoms with van der Waals surface area (Å²) in [6.07, 6.45) is 1.68. The van der Waals surface area contributed by atoms with Crippen molar-refractivity contribution in [1.29, 1.82) is 0 Å². The molecule has 0 unspecified atom stereocenters. The third kappa shape index (κ3) is 1.56. The Morgan fingerprint density at radius 1 is 1.29 bits per heavy atom. The Bertz CT molecular complexity index is 703. The fourth-order valence-corrected chi connectivity index (χ4v) is 3.00. The van der Waals surface area contributed by atoms with Crippen LogP contribution in [0.25, 0.3) is 21.1 Å². The molecule has 0 aliphatic rings. The van der Waals surface area contributed by atoms with Crippen LogP contribution in [0.4, 0.5) is 0 Å². The highest BCUT2D eigenvalue weighted by Gasteiger charge is 2.17. The molecule has 0 aliphatic carbocycles. The van der Waals surface area contributed by atoms with Crippen molar-refractivity contribution in [2.45, 2.75) is 19.8 Å². The van der Waals surface area contributed by atoms with Gasteiger partial charge in [-0.2, -0.15) is 0 Å². The van der Waals surface area contributed by atoms with Gasteiger partial charge in [0.15, 0.2) is 5.52 Å². The molecule has 0 aliphatic heterocycles. The zero-order valence-electron chi connectivity index (χ0n) is 9.71. The molecule has 0 fully saturated rings. The first kappa shape index (κ1) is 10.5. The summed E-state index contributed by atoms with van der Waals surface area (Å²) in [6.45, 7) is 4.26. The number of pyridine rings is 1. The van der Waals surface area contributed by atoms with Crippen LogP contribution in [0.1, 0.15) is 24.8 Å². The second kappa shape index (κ2) is 3.67. The number of para-hydroxylation sites is 1. The minimum absolute atomic E-state index is 0.415. The van der Waals surface area contributed by atoms with Crippen LogP contribution in [0.5, 0.6) is 0 Å². The second-order valence-corrected chi connectivity index (χ2v) is 5.44. The van der Waals surface area contributed by atoms with E-state index in [2.05, 4.69) is 18.8 Å². The molecule has 0 spiro atoms. The molecule has 2 aromatic heterocycles. The summed E-state index contributed by atoms with van der Waals surface area (Å²) in [6, 6.07) is 7.83. The first-order valence-electron chi connectivity index (χ1n) is 5.60. The van der Waals surface area contributed by atoms with Gasteiger partial charge in [0.1, 0.15) is 0 Å². The summed E-state index contributed by atoms with van der Waals surface area (Å²) in [4.78, 5) is 4.56. The zero-order chi connectivity index (χ0) is 12.0. The highest BCUT2D eigenvalue weighted by atomic mass is 32.1. The van der Waals surface area contributed by atoms with Crippen molar-refractivity contribution in [3.8, 4) is 0 Å². The molecule has 3 aromatic rings. The third-order valence-corrected chi connectivity index (χ3v) is 4.21. The first-order chi connectivity index (χ1) is 8.16. The van der Waals surface area contributed by atoms with Crippen LogP contribution >= 0.6 is 11.3 Å².